The van der Waals surface area contributed by atoms with Gasteiger partial charge >= 0.3 is 0 Å². The molecule has 1 aromatic carbocycles. The van der Waals surface area contributed by atoms with Crippen molar-refractivity contribution in [3.8, 4) is 5.75 Å². The fraction of sp³-hybridized carbons (Fsp3) is 0.364. The van der Waals surface area contributed by atoms with Crippen molar-refractivity contribution in [2.45, 2.75) is 4.90 Å². The van der Waals surface area contributed by atoms with Gasteiger partial charge in [-0.25, -0.2) is 13.1 Å². The molecule has 0 aliphatic heterocycles. The van der Waals surface area contributed by atoms with Crippen LogP contribution in [0.15, 0.2) is 21.5 Å². The number of hydrogen-bond acceptors (Lipinski definition) is 6. The standard InChI is InChI=1S/C11H16BrN3O5S/c1-19-9-4-7(12)8(13)5-10(9)21(17,18)15-2-3-20-6-11(14)16/h4-5,15H,2-3,6,13H2,1H3,(H2,14,16). The molecule has 0 saturated carbocycles. The van der Waals surface area contributed by atoms with Crippen molar-refractivity contribution >= 4 is 37.5 Å². The minimum atomic E-state index is -3.82. The molecule has 1 rings (SSSR count). The number of sulfonamides is 1. The molecule has 0 unspecified atom stereocenters. The third kappa shape index (κ3) is 5.16. The molecule has 0 atom stereocenters. The molecule has 0 aliphatic rings. The number of nitrogens with two attached hydrogens (primary N) is 2. The zero-order valence-electron chi connectivity index (χ0n) is 11.3. The van der Waals surface area contributed by atoms with Crippen molar-refractivity contribution in [1.82, 2.24) is 4.72 Å². The summed E-state index contributed by atoms with van der Waals surface area (Å²) >= 11 is 3.19. The minimum absolute atomic E-state index is 0.0104. The van der Waals surface area contributed by atoms with Crippen molar-refractivity contribution < 1.29 is 22.7 Å². The number of rotatable bonds is 8. The molecule has 0 aliphatic carbocycles. The van der Waals surface area contributed by atoms with Gasteiger partial charge in [0.15, 0.2) is 0 Å². The number of hydrogen-bond donors (Lipinski definition) is 3. The first-order valence-electron chi connectivity index (χ1n) is 5.76. The second-order valence-corrected chi connectivity index (χ2v) is 6.53. The van der Waals surface area contributed by atoms with Crippen molar-refractivity contribution in [1.29, 1.82) is 0 Å². The monoisotopic (exact) mass is 381 g/mol. The Bertz CT molecular complexity index is 621. The SMILES string of the molecule is COc1cc(Br)c(N)cc1S(=O)(=O)NCCOCC(N)=O. The van der Waals surface area contributed by atoms with E-state index in [9.17, 15) is 13.2 Å². The van der Waals surface area contributed by atoms with Gasteiger partial charge in [0.25, 0.3) is 0 Å². The lowest BCUT2D eigenvalue weighted by molar-refractivity contribution is -0.122. The summed E-state index contributed by atoms with van der Waals surface area (Å²) in [5.74, 6) is -0.471. The Morgan fingerprint density at radius 3 is 2.67 bits per heavy atom. The number of methoxy groups -OCH3 is 1. The van der Waals surface area contributed by atoms with Crippen LogP contribution >= 0.6 is 15.9 Å². The molecule has 0 radical (unpaired) electrons. The zero-order valence-corrected chi connectivity index (χ0v) is 13.7. The maximum Gasteiger partial charge on any atom is 0.244 e. The number of nitrogens with one attached hydrogen (secondary N) is 1. The lowest BCUT2D eigenvalue weighted by Gasteiger charge is -2.12. The van der Waals surface area contributed by atoms with Gasteiger partial charge in [0.1, 0.15) is 17.3 Å². The number of anilines is 1. The number of carbonyl (C=O) groups is 1. The first kappa shape index (κ1) is 17.7. The van der Waals surface area contributed by atoms with E-state index in [2.05, 4.69) is 20.7 Å². The average Bonchev–Trinajstić information content (AvgIpc) is 2.40. The van der Waals surface area contributed by atoms with E-state index in [-0.39, 0.29) is 36.1 Å². The molecule has 0 bridgehead atoms. The lowest BCUT2D eigenvalue weighted by atomic mass is 10.3. The Kier molecular flexibility index (Phi) is 6.40. The summed E-state index contributed by atoms with van der Waals surface area (Å²) in [5.41, 5.74) is 10.8. The van der Waals surface area contributed by atoms with E-state index >= 15 is 0 Å². The van der Waals surface area contributed by atoms with E-state index in [0.717, 1.165) is 0 Å². The number of carbonyl (C=O) groups excluding carboxylic acids is 1. The second-order valence-electron chi connectivity index (χ2n) is 3.94. The molecular weight excluding hydrogens is 366 g/mol. The van der Waals surface area contributed by atoms with Gasteiger partial charge in [-0.15, -0.1) is 0 Å². The van der Waals surface area contributed by atoms with Gasteiger partial charge in [-0.2, -0.15) is 0 Å². The van der Waals surface area contributed by atoms with Crippen molar-refractivity contribution in [3.05, 3.63) is 16.6 Å². The Morgan fingerprint density at radius 2 is 2.10 bits per heavy atom. The van der Waals surface area contributed by atoms with E-state index in [1.165, 1.54) is 19.2 Å². The summed E-state index contributed by atoms with van der Waals surface area (Å²) < 4.78 is 37.1. The Labute approximate surface area is 131 Å². The molecule has 0 fully saturated rings. The summed E-state index contributed by atoms with van der Waals surface area (Å²) in [5, 5.41) is 0. The molecule has 0 saturated heterocycles. The van der Waals surface area contributed by atoms with Crippen molar-refractivity contribution in [2.75, 3.05) is 32.6 Å². The van der Waals surface area contributed by atoms with Crippen LogP contribution in [0.4, 0.5) is 5.69 Å². The average molecular weight is 382 g/mol. The van der Waals surface area contributed by atoms with E-state index in [1.54, 1.807) is 0 Å². The number of nitrogen functional groups attached to an aromatic ring is 1. The summed E-state index contributed by atoms with van der Waals surface area (Å²) in [6, 6.07) is 2.75. The predicted molar refractivity (Wildman–Crippen MR) is 80.3 cm³/mol. The van der Waals surface area contributed by atoms with Gasteiger partial charge in [-0.1, -0.05) is 0 Å². The third-order valence-corrected chi connectivity index (χ3v) is 4.52. The van der Waals surface area contributed by atoms with Crippen LogP contribution in [0.1, 0.15) is 0 Å². The van der Waals surface area contributed by atoms with Crippen molar-refractivity contribution in [2.24, 2.45) is 5.73 Å². The first-order chi connectivity index (χ1) is 9.77. The van der Waals surface area contributed by atoms with Gasteiger partial charge in [0, 0.05) is 16.7 Å². The molecule has 0 aromatic heterocycles. The second kappa shape index (κ2) is 7.59. The summed E-state index contributed by atoms with van der Waals surface area (Å²) in [6.07, 6.45) is 0. The van der Waals surface area contributed by atoms with Crippen LogP contribution in [0, 0.1) is 0 Å². The zero-order chi connectivity index (χ0) is 16.0. The van der Waals surface area contributed by atoms with Crippen LogP contribution in [-0.2, 0) is 19.6 Å². The highest BCUT2D eigenvalue weighted by atomic mass is 79.9. The lowest BCUT2D eigenvalue weighted by Crippen LogP contribution is -2.29. The summed E-state index contributed by atoms with van der Waals surface area (Å²) in [6.45, 7) is -0.276. The van der Waals surface area contributed by atoms with E-state index < -0.39 is 15.9 Å². The number of amides is 1. The summed E-state index contributed by atoms with van der Waals surface area (Å²) in [7, 11) is -2.46. The maximum absolute atomic E-state index is 12.2. The number of ether oxygens (including phenoxy) is 2. The topological polar surface area (TPSA) is 134 Å². The Morgan fingerprint density at radius 1 is 1.43 bits per heavy atom. The Balaban J connectivity index is 2.78. The molecule has 10 heteroatoms. The van der Waals surface area contributed by atoms with Crippen LogP contribution in [0.25, 0.3) is 0 Å². The van der Waals surface area contributed by atoms with Gasteiger partial charge < -0.3 is 20.9 Å². The van der Waals surface area contributed by atoms with Crippen LogP contribution in [0.3, 0.4) is 0 Å². The predicted octanol–water partition coefficient (Wildman–Crippen LogP) is -0.180. The van der Waals surface area contributed by atoms with Crippen molar-refractivity contribution in [3.63, 3.8) is 0 Å². The normalized spacial score (nSPS) is 11.3. The van der Waals surface area contributed by atoms with Crippen LogP contribution < -0.4 is 20.9 Å². The first-order valence-corrected chi connectivity index (χ1v) is 8.04. The molecule has 8 nitrogen and oxygen atoms in total. The number of halogens is 1. The number of primary amides is 1. The molecule has 0 spiro atoms. The number of benzene rings is 1. The molecule has 21 heavy (non-hydrogen) atoms. The van der Waals surface area contributed by atoms with Gasteiger partial charge in [-0.3, -0.25) is 4.79 Å². The van der Waals surface area contributed by atoms with Gasteiger partial charge in [-0.05, 0) is 28.1 Å². The molecule has 0 heterocycles. The van der Waals surface area contributed by atoms with E-state index in [1.807, 2.05) is 0 Å². The fourth-order valence-corrected chi connectivity index (χ4v) is 2.94. The molecule has 5 N–H and O–H groups in total. The highest BCUT2D eigenvalue weighted by Gasteiger charge is 2.20. The smallest absolute Gasteiger partial charge is 0.244 e. The van der Waals surface area contributed by atoms with E-state index in [0.29, 0.717) is 4.47 Å². The molecule has 1 amide bonds. The summed E-state index contributed by atoms with van der Waals surface area (Å²) in [4.78, 5) is 10.4. The molecule has 118 valence electrons. The van der Waals surface area contributed by atoms with E-state index in [4.69, 9.17) is 20.9 Å². The minimum Gasteiger partial charge on any atom is -0.495 e. The molecule has 1 aromatic rings. The highest BCUT2D eigenvalue weighted by Crippen LogP contribution is 2.32. The van der Waals surface area contributed by atoms with Crippen LogP contribution in [-0.4, -0.2) is 41.2 Å². The highest BCUT2D eigenvalue weighted by molar-refractivity contribution is 9.10. The van der Waals surface area contributed by atoms with Gasteiger partial charge in [0.2, 0.25) is 15.9 Å². The fourth-order valence-electron chi connectivity index (χ4n) is 1.42. The molecular formula is C11H16BrN3O5S. The quantitative estimate of drug-likeness (QED) is 0.422. The van der Waals surface area contributed by atoms with Crippen LogP contribution in [0.2, 0.25) is 0 Å². The van der Waals surface area contributed by atoms with Gasteiger partial charge in [0.05, 0.1) is 13.7 Å². The van der Waals surface area contributed by atoms with Crippen LogP contribution in [0.5, 0.6) is 5.75 Å². The Hall–Kier alpha value is -1.36. The largest absolute Gasteiger partial charge is 0.495 e. The maximum atomic E-state index is 12.2. The third-order valence-electron chi connectivity index (χ3n) is 2.36.